The molecule has 1 aliphatic rings. The minimum atomic E-state index is -0.0669. The van der Waals surface area contributed by atoms with E-state index in [0.717, 1.165) is 12.8 Å². The summed E-state index contributed by atoms with van der Waals surface area (Å²) in [6.45, 7) is 7.02. The van der Waals surface area contributed by atoms with E-state index in [-0.39, 0.29) is 22.3 Å². The molecule has 1 atom stereocenters. The van der Waals surface area contributed by atoms with Crippen molar-refractivity contribution in [3.63, 3.8) is 0 Å². The number of phenols is 4. The van der Waals surface area contributed by atoms with E-state index < -0.39 is 0 Å². The van der Waals surface area contributed by atoms with Gasteiger partial charge in [-0.3, -0.25) is 0 Å². The van der Waals surface area contributed by atoms with E-state index in [4.69, 9.17) is 14.9 Å². The van der Waals surface area contributed by atoms with Gasteiger partial charge in [0.25, 0.3) is 0 Å². The van der Waals surface area contributed by atoms with Crippen LogP contribution in [0.4, 0.5) is 0 Å². The first-order chi connectivity index (χ1) is 18.0. The third-order valence-electron chi connectivity index (χ3n) is 7.13. The number of rotatable bonds is 4. The molecule has 5 heteroatoms. The average Bonchev–Trinajstić information content (AvgIpc) is 2.87. The fraction of sp³-hybridized carbons (Fsp3) is 0.273. The van der Waals surface area contributed by atoms with E-state index in [1.165, 1.54) is 17.5 Å². The van der Waals surface area contributed by atoms with Crippen molar-refractivity contribution in [2.75, 3.05) is 0 Å². The average molecular weight is 513 g/mol. The van der Waals surface area contributed by atoms with E-state index in [2.05, 4.69) is 45.0 Å². The normalized spacial score (nSPS) is 17.6. The molecule has 38 heavy (non-hydrogen) atoms. The minimum absolute atomic E-state index is 0.0669. The summed E-state index contributed by atoms with van der Waals surface area (Å²) in [6.07, 6.45) is 3.39. The third kappa shape index (κ3) is 6.60. The standard InChI is InChI=1S/C21H26O2.C12H10O3/c1-15-12-20(2,3)14-21(13-15,16-4-8-18(22)9-5-16)17-6-10-19(23)11-7-17;13-9-1-5-11(6-2-9)15-12-7-3-10(14)4-8-12/h4-11,15,22-23H,12-14H2,1-3H3;1-8,13-14H. The molecule has 0 aromatic heterocycles. The molecule has 0 saturated heterocycles. The lowest BCUT2D eigenvalue weighted by Crippen LogP contribution is -2.41. The number of benzene rings is 4. The quantitative estimate of drug-likeness (QED) is 0.222. The molecule has 5 nitrogen and oxygen atoms in total. The summed E-state index contributed by atoms with van der Waals surface area (Å²) >= 11 is 0. The van der Waals surface area contributed by atoms with E-state index in [1.54, 1.807) is 72.8 Å². The molecule has 1 unspecified atom stereocenters. The fourth-order valence-electron chi connectivity index (χ4n) is 5.90. The van der Waals surface area contributed by atoms with Crippen molar-refractivity contribution in [3.8, 4) is 34.5 Å². The van der Waals surface area contributed by atoms with Crippen molar-refractivity contribution in [1.29, 1.82) is 0 Å². The first kappa shape index (κ1) is 26.9. The first-order valence-electron chi connectivity index (χ1n) is 12.9. The summed E-state index contributed by atoms with van der Waals surface area (Å²) in [5, 5.41) is 37.5. The smallest absolute Gasteiger partial charge is 0.127 e. The van der Waals surface area contributed by atoms with Crippen molar-refractivity contribution in [2.45, 2.75) is 45.4 Å². The predicted molar refractivity (Wildman–Crippen MR) is 150 cm³/mol. The summed E-state index contributed by atoms with van der Waals surface area (Å²) in [6, 6.07) is 28.2. The largest absolute Gasteiger partial charge is 0.508 e. The van der Waals surface area contributed by atoms with Gasteiger partial charge in [-0.1, -0.05) is 45.0 Å². The molecule has 0 amide bonds. The second-order valence-corrected chi connectivity index (χ2v) is 11.1. The molecule has 0 aliphatic heterocycles. The lowest BCUT2D eigenvalue weighted by molar-refractivity contribution is 0.127. The Morgan fingerprint density at radius 1 is 0.553 bits per heavy atom. The van der Waals surface area contributed by atoms with Gasteiger partial charge in [-0.15, -0.1) is 0 Å². The number of hydrogen-bond acceptors (Lipinski definition) is 5. The number of hydrogen-bond donors (Lipinski definition) is 4. The summed E-state index contributed by atoms with van der Waals surface area (Å²) in [7, 11) is 0. The van der Waals surface area contributed by atoms with Gasteiger partial charge >= 0.3 is 0 Å². The molecule has 0 bridgehead atoms. The van der Waals surface area contributed by atoms with E-state index in [9.17, 15) is 10.2 Å². The van der Waals surface area contributed by atoms with Crippen LogP contribution in [0, 0.1) is 11.3 Å². The molecule has 198 valence electrons. The van der Waals surface area contributed by atoms with E-state index >= 15 is 0 Å². The lowest BCUT2D eigenvalue weighted by Gasteiger charge is -2.48. The molecule has 0 radical (unpaired) electrons. The Morgan fingerprint density at radius 2 is 0.895 bits per heavy atom. The molecule has 4 N–H and O–H groups in total. The highest BCUT2D eigenvalue weighted by Gasteiger charge is 2.45. The second kappa shape index (κ2) is 11.1. The SMILES string of the molecule is CC1CC(C)(C)CC(c2ccc(O)cc2)(c2ccc(O)cc2)C1.Oc1ccc(Oc2ccc(O)cc2)cc1. The zero-order valence-corrected chi connectivity index (χ0v) is 22.1. The summed E-state index contributed by atoms with van der Waals surface area (Å²) in [5.74, 6) is 2.91. The Balaban J connectivity index is 0.000000194. The molecule has 0 heterocycles. The highest BCUT2D eigenvalue weighted by molar-refractivity contribution is 5.44. The van der Waals surface area contributed by atoms with Crippen LogP contribution >= 0.6 is 0 Å². The number of phenolic OH excluding ortho intramolecular Hbond substituents is 4. The van der Waals surface area contributed by atoms with Crippen LogP contribution in [-0.4, -0.2) is 20.4 Å². The van der Waals surface area contributed by atoms with Crippen molar-refractivity contribution in [1.82, 2.24) is 0 Å². The lowest BCUT2D eigenvalue weighted by atomic mass is 9.55. The molecule has 4 aromatic carbocycles. The van der Waals surface area contributed by atoms with Gasteiger partial charge in [0.2, 0.25) is 0 Å². The Labute approximate surface area is 224 Å². The second-order valence-electron chi connectivity index (χ2n) is 11.1. The van der Waals surface area contributed by atoms with Gasteiger partial charge in [-0.2, -0.15) is 0 Å². The van der Waals surface area contributed by atoms with Crippen LogP contribution in [0.1, 0.15) is 51.2 Å². The van der Waals surface area contributed by atoms with Crippen LogP contribution in [0.25, 0.3) is 0 Å². The van der Waals surface area contributed by atoms with Crippen LogP contribution in [0.3, 0.4) is 0 Å². The highest BCUT2D eigenvalue weighted by atomic mass is 16.5. The topological polar surface area (TPSA) is 90.2 Å². The zero-order valence-electron chi connectivity index (χ0n) is 22.1. The summed E-state index contributed by atoms with van der Waals surface area (Å²) in [4.78, 5) is 0. The Kier molecular flexibility index (Phi) is 7.86. The van der Waals surface area contributed by atoms with Crippen LogP contribution in [-0.2, 0) is 5.41 Å². The van der Waals surface area contributed by atoms with Crippen molar-refractivity contribution >= 4 is 0 Å². The maximum Gasteiger partial charge on any atom is 0.127 e. The predicted octanol–water partition coefficient (Wildman–Crippen LogP) is 8.12. The molecule has 1 saturated carbocycles. The maximum atomic E-state index is 9.67. The molecule has 1 aliphatic carbocycles. The molecule has 4 aromatic rings. The highest BCUT2D eigenvalue weighted by Crippen LogP contribution is 2.53. The molecule has 0 spiro atoms. The zero-order chi connectivity index (χ0) is 27.3. The van der Waals surface area contributed by atoms with E-state index in [1.807, 2.05) is 0 Å². The summed E-state index contributed by atoms with van der Waals surface area (Å²) < 4.78 is 5.47. The first-order valence-corrected chi connectivity index (χ1v) is 12.9. The van der Waals surface area contributed by atoms with Crippen LogP contribution in [0.5, 0.6) is 34.5 Å². The van der Waals surface area contributed by atoms with Crippen LogP contribution in [0.15, 0.2) is 97.1 Å². The molecular weight excluding hydrogens is 476 g/mol. The van der Waals surface area contributed by atoms with E-state index in [0.29, 0.717) is 28.9 Å². The van der Waals surface area contributed by atoms with Gasteiger partial charge in [-0.05, 0) is 115 Å². The fourth-order valence-corrected chi connectivity index (χ4v) is 5.90. The van der Waals surface area contributed by atoms with Gasteiger partial charge < -0.3 is 25.2 Å². The Morgan fingerprint density at radius 3 is 1.24 bits per heavy atom. The Hall–Kier alpha value is -4.12. The van der Waals surface area contributed by atoms with Crippen LogP contribution < -0.4 is 4.74 Å². The number of aromatic hydroxyl groups is 4. The van der Waals surface area contributed by atoms with Crippen molar-refractivity contribution in [3.05, 3.63) is 108 Å². The van der Waals surface area contributed by atoms with Crippen molar-refractivity contribution in [2.24, 2.45) is 11.3 Å². The third-order valence-corrected chi connectivity index (χ3v) is 7.13. The van der Waals surface area contributed by atoms with Crippen LogP contribution in [0.2, 0.25) is 0 Å². The van der Waals surface area contributed by atoms with Gasteiger partial charge in [-0.25, -0.2) is 0 Å². The van der Waals surface area contributed by atoms with Gasteiger partial charge in [0.15, 0.2) is 0 Å². The Bertz CT molecular complexity index is 1220. The molecular formula is C33H36O5. The summed E-state index contributed by atoms with van der Waals surface area (Å²) in [5.41, 5.74) is 2.69. The van der Waals surface area contributed by atoms with Gasteiger partial charge in [0.05, 0.1) is 0 Å². The monoisotopic (exact) mass is 512 g/mol. The maximum absolute atomic E-state index is 9.67. The van der Waals surface area contributed by atoms with Gasteiger partial charge in [0.1, 0.15) is 34.5 Å². The molecule has 5 rings (SSSR count). The van der Waals surface area contributed by atoms with Crippen molar-refractivity contribution < 1.29 is 25.2 Å². The molecule has 1 fully saturated rings. The number of ether oxygens (including phenoxy) is 1. The minimum Gasteiger partial charge on any atom is -0.508 e. The van der Waals surface area contributed by atoms with Gasteiger partial charge in [0, 0.05) is 5.41 Å².